The second-order valence-electron chi connectivity index (χ2n) is 1.98. The summed E-state index contributed by atoms with van der Waals surface area (Å²) < 4.78 is 0. The maximum Gasteiger partial charge on any atom is 0.0183 e. The van der Waals surface area contributed by atoms with Crippen LogP contribution in [-0.4, -0.2) is 13.1 Å². The minimum absolute atomic E-state index is 0.746. The van der Waals surface area contributed by atoms with Crippen LogP contribution in [0.3, 0.4) is 0 Å². The Morgan fingerprint density at radius 2 is 1.44 bits per heavy atom. The van der Waals surface area contributed by atoms with E-state index in [9.17, 15) is 0 Å². The van der Waals surface area contributed by atoms with E-state index in [-0.39, 0.29) is 0 Å². The Kier molecular flexibility index (Phi) is 8.67. The Bertz CT molecular complexity index is 44.3. The Hall–Kier alpha value is 0.350. The summed E-state index contributed by atoms with van der Waals surface area (Å²) in [6, 6.07) is 0. The summed E-state index contributed by atoms with van der Waals surface area (Å²) in [5.74, 6) is 0. The predicted molar refractivity (Wildman–Crippen MR) is 44.9 cm³/mol. The van der Waals surface area contributed by atoms with Crippen molar-refractivity contribution in [1.82, 2.24) is 10.2 Å². The third-order valence-corrected chi connectivity index (χ3v) is 1.78. The zero-order chi connectivity index (χ0) is 6.95. The third kappa shape index (κ3) is 8.35. The fraction of sp³-hybridized carbons (Fsp3) is 1.00. The molecule has 0 heterocycles. The maximum atomic E-state index is 3.29. The van der Waals surface area contributed by atoms with Gasteiger partial charge in [-0.2, -0.15) is 0 Å². The van der Waals surface area contributed by atoms with Crippen LogP contribution in [0.2, 0.25) is 0 Å². The molecule has 3 heteroatoms. The van der Waals surface area contributed by atoms with E-state index >= 15 is 0 Å². The van der Waals surface area contributed by atoms with Gasteiger partial charge in [0.05, 0.1) is 0 Å². The quantitative estimate of drug-likeness (QED) is 0.440. The Balaban J connectivity index is 2.60. The molecule has 56 valence electrons. The van der Waals surface area contributed by atoms with Gasteiger partial charge in [0.1, 0.15) is 0 Å². The van der Waals surface area contributed by atoms with Crippen LogP contribution in [0.1, 0.15) is 26.7 Å². The lowest BCUT2D eigenvalue weighted by atomic mass is 10.5. The molecule has 0 aliphatic carbocycles. The van der Waals surface area contributed by atoms with Crippen molar-refractivity contribution in [2.45, 2.75) is 26.7 Å². The molecule has 0 aliphatic heterocycles. The van der Waals surface area contributed by atoms with Crippen molar-refractivity contribution in [1.29, 1.82) is 0 Å². The van der Waals surface area contributed by atoms with Crippen molar-refractivity contribution >= 4 is 8.88 Å². The molecule has 0 aromatic carbocycles. The van der Waals surface area contributed by atoms with Crippen LogP contribution in [0, 0.1) is 0 Å². The molecule has 0 rings (SSSR count). The van der Waals surface area contributed by atoms with E-state index in [1.54, 1.807) is 0 Å². The van der Waals surface area contributed by atoms with Gasteiger partial charge < -0.3 is 0 Å². The number of hydrogen-bond donors (Lipinski definition) is 2. The minimum atomic E-state index is 0.746. The lowest BCUT2D eigenvalue weighted by molar-refractivity contribution is 0.833. The first-order valence-corrected chi connectivity index (χ1v) is 4.62. The monoisotopic (exact) mass is 148 g/mol. The van der Waals surface area contributed by atoms with Crippen LogP contribution in [0.4, 0.5) is 0 Å². The molecule has 0 atom stereocenters. The topological polar surface area (TPSA) is 24.1 Å². The first kappa shape index (κ1) is 9.35. The minimum Gasteiger partial charge on any atom is -0.286 e. The molecule has 2 N–H and O–H groups in total. The second kappa shape index (κ2) is 8.35. The Morgan fingerprint density at radius 3 is 1.78 bits per heavy atom. The van der Waals surface area contributed by atoms with Crippen molar-refractivity contribution in [2.75, 3.05) is 13.1 Å². The average molecular weight is 148 g/mol. The molecular formula is C6H17N2P. The van der Waals surface area contributed by atoms with Gasteiger partial charge in [0.15, 0.2) is 0 Å². The Morgan fingerprint density at radius 1 is 1.00 bits per heavy atom. The highest BCUT2D eigenvalue weighted by atomic mass is 31.1. The molecule has 0 saturated carbocycles. The molecule has 2 nitrogen and oxygen atoms in total. The van der Waals surface area contributed by atoms with Crippen LogP contribution >= 0.6 is 8.88 Å². The molecule has 0 amide bonds. The van der Waals surface area contributed by atoms with E-state index in [0.717, 1.165) is 22.0 Å². The summed E-state index contributed by atoms with van der Waals surface area (Å²) in [5.41, 5.74) is 0. The van der Waals surface area contributed by atoms with Gasteiger partial charge in [0.2, 0.25) is 0 Å². The van der Waals surface area contributed by atoms with Gasteiger partial charge in [0, 0.05) is 8.88 Å². The SMILES string of the molecule is CCCNPNCCC. The summed E-state index contributed by atoms with van der Waals surface area (Å²) in [6.07, 6.45) is 2.45. The summed E-state index contributed by atoms with van der Waals surface area (Å²) in [4.78, 5) is 0. The standard InChI is InChI=1S/C6H17N2P/c1-3-5-7-9-8-6-4-2/h7-9H,3-6H2,1-2H3. The van der Waals surface area contributed by atoms with E-state index in [1.807, 2.05) is 0 Å². The van der Waals surface area contributed by atoms with Crippen molar-refractivity contribution in [3.8, 4) is 0 Å². The zero-order valence-electron chi connectivity index (χ0n) is 6.33. The summed E-state index contributed by atoms with van der Waals surface area (Å²) in [7, 11) is 0.746. The largest absolute Gasteiger partial charge is 0.286 e. The van der Waals surface area contributed by atoms with Crippen molar-refractivity contribution in [3.63, 3.8) is 0 Å². The fourth-order valence-corrected chi connectivity index (χ4v) is 1.31. The van der Waals surface area contributed by atoms with E-state index < -0.39 is 0 Å². The number of rotatable bonds is 6. The lowest BCUT2D eigenvalue weighted by Gasteiger charge is -2.02. The third-order valence-electron chi connectivity index (χ3n) is 0.927. The lowest BCUT2D eigenvalue weighted by Crippen LogP contribution is -2.11. The molecule has 0 saturated heterocycles. The van der Waals surface area contributed by atoms with E-state index in [4.69, 9.17) is 0 Å². The first-order valence-electron chi connectivity index (χ1n) is 3.62. The summed E-state index contributed by atoms with van der Waals surface area (Å²) >= 11 is 0. The highest BCUT2D eigenvalue weighted by molar-refractivity contribution is 7.33. The molecule has 0 aromatic rings. The van der Waals surface area contributed by atoms with Crippen LogP contribution < -0.4 is 10.2 Å². The van der Waals surface area contributed by atoms with Crippen LogP contribution in [0.15, 0.2) is 0 Å². The van der Waals surface area contributed by atoms with Gasteiger partial charge in [-0.25, -0.2) is 0 Å². The van der Waals surface area contributed by atoms with Crippen LogP contribution in [-0.2, 0) is 0 Å². The number of nitrogens with one attached hydrogen (secondary N) is 2. The van der Waals surface area contributed by atoms with E-state index in [1.165, 1.54) is 12.8 Å². The maximum absolute atomic E-state index is 3.29. The fourth-order valence-electron chi connectivity index (χ4n) is 0.437. The smallest absolute Gasteiger partial charge is 0.0183 e. The van der Waals surface area contributed by atoms with Gasteiger partial charge in [-0.1, -0.05) is 13.8 Å². The zero-order valence-corrected chi connectivity index (χ0v) is 7.33. The van der Waals surface area contributed by atoms with Gasteiger partial charge >= 0.3 is 0 Å². The van der Waals surface area contributed by atoms with Crippen LogP contribution in [0.25, 0.3) is 0 Å². The molecule has 0 fully saturated rings. The molecule has 9 heavy (non-hydrogen) atoms. The molecule has 0 spiro atoms. The molecule has 0 unspecified atom stereocenters. The molecule has 0 bridgehead atoms. The Labute approximate surface area is 59.7 Å². The predicted octanol–water partition coefficient (Wildman–Crippen LogP) is 1.49. The highest BCUT2D eigenvalue weighted by Gasteiger charge is 1.81. The van der Waals surface area contributed by atoms with Gasteiger partial charge in [-0.3, -0.25) is 10.2 Å². The number of hydrogen-bond acceptors (Lipinski definition) is 2. The second-order valence-corrected chi connectivity index (χ2v) is 2.94. The van der Waals surface area contributed by atoms with Gasteiger partial charge in [-0.15, -0.1) is 0 Å². The van der Waals surface area contributed by atoms with Gasteiger partial charge in [0.25, 0.3) is 0 Å². The summed E-state index contributed by atoms with van der Waals surface area (Å²) in [5, 5.41) is 6.57. The molecular weight excluding hydrogens is 131 g/mol. The molecule has 0 aromatic heterocycles. The molecule has 0 aliphatic rings. The normalized spacial score (nSPS) is 10.0. The summed E-state index contributed by atoms with van der Waals surface area (Å²) in [6.45, 7) is 6.62. The van der Waals surface area contributed by atoms with Crippen molar-refractivity contribution < 1.29 is 0 Å². The van der Waals surface area contributed by atoms with Crippen molar-refractivity contribution in [3.05, 3.63) is 0 Å². The van der Waals surface area contributed by atoms with E-state index in [0.29, 0.717) is 0 Å². The van der Waals surface area contributed by atoms with E-state index in [2.05, 4.69) is 24.0 Å². The first-order chi connectivity index (χ1) is 4.41. The molecule has 0 radical (unpaired) electrons. The van der Waals surface area contributed by atoms with Crippen molar-refractivity contribution in [2.24, 2.45) is 0 Å². The highest BCUT2D eigenvalue weighted by Crippen LogP contribution is 1.93. The van der Waals surface area contributed by atoms with Crippen LogP contribution in [0.5, 0.6) is 0 Å². The van der Waals surface area contributed by atoms with Gasteiger partial charge in [-0.05, 0) is 25.9 Å². The average Bonchev–Trinajstić information content (AvgIpc) is 1.89.